The summed E-state index contributed by atoms with van der Waals surface area (Å²) in [5.41, 5.74) is 8.88. The predicted octanol–water partition coefficient (Wildman–Crippen LogP) is 0.622. The van der Waals surface area contributed by atoms with Crippen LogP contribution < -0.4 is 11.1 Å². The van der Waals surface area contributed by atoms with E-state index in [2.05, 4.69) is 28.5 Å². The monoisotopic (exact) mass is 204 g/mol. The van der Waals surface area contributed by atoms with Gasteiger partial charge in [0.05, 0.1) is 17.4 Å². The summed E-state index contributed by atoms with van der Waals surface area (Å²) >= 11 is 0. The van der Waals surface area contributed by atoms with E-state index in [0.29, 0.717) is 6.67 Å². The van der Waals surface area contributed by atoms with E-state index in [4.69, 9.17) is 5.73 Å². The molecule has 1 aromatic carbocycles. The molecule has 0 aliphatic carbocycles. The number of rotatable bonds is 4. The first-order valence-corrected chi connectivity index (χ1v) is 5.12. The summed E-state index contributed by atoms with van der Waals surface area (Å²) < 4.78 is 2.03. The van der Waals surface area contributed by atoms with Crippen LogP contribution in [-0.4, -0.2) is 22.8 Å². The molecule has 4 heteroatoms. The van der Waals surface area contributed by atoms with Gasteiger partial charge in [0.1, 0.15) is 0 Å². The van der Waals surface area contributed by atoms with Gasteiger partial charge in [0.25, 0.3) is 0 Å². The highest BCUT2D eigenvalue weighted by atomic mass is 15.0. The van der Waals surface area contributed by atoms with E-state index in [1.807, 2.05) is 17.9 Å². The van der Waals surface area contributed by atoms with Crippen LogP contribution in [0.1, 0.15) is 5.56 Å². The van der Waals surface area contributed by atoms with Gasteiger partial charge in [0.15, 0.2) is 0 Å². The van der Waals surface area contributed by atoms with Crippen molar-refractivity contribution in [2.45, 2.75) is 6.42 Å². The molecule has 4 nitrogen and oxygen atoms in total. The average Bonchev–Trinajstić information content (AvgIpc) is 2.61. The Morgan fingerprint density at radius 1 is 1.47 bits per heavy atom. The zero-order valence-electron chi connectivity index (χ0n) is 8.90. The van der Waals surface area contributed by atoms with Crippen molar-refractivity contribution >= 4 is 11.0 Å². The molecule has 0 fully saturated rings. The van der Waals surface area contributed by atoms with Crippen molar-refractivity contribution in [1.82, 2.24) is 14.9 Å². The Morgan fingerprint density at radius 2 is 2.33 bits per heavy atom. The SMILES string of the molecule is Cn1cnc2cc(CCNCN)ccc21. The molecule has 0 unspecified atom stereocenters. The molecular formula is C11H16N4. The van der Waals surface area contributed by atoms with E-state index >= 15 is 0 Å². The highest BCUT2D eigenvalue weighted by molar-refractivity contribution is 5.75. The molecule has 0 bridgehead atoms. The summed E-state index contributed by atoms with van der Waals surface area (Å²) in [4.78, 5) is 4.32. The van der Waals surface area contributed by atoms with Crippen LogP contribution in [-0.2, 0) is 13.5 Å². The molecular weight excluding hydrogens is 188 g/mol. The zero-order valence-corrected chi connectivity index (χ0v) is 8.90. The Labute approximate surface area is 89.1 Å². The third-order valence-corrected chi connectivity index (χ3v) is 2.52. The zero-order chi connectivity index (χ0) is 10.7. The number of nitrogens with one attached hydrogen (secondary N) is 1. The first-order valence-electron chi connectivity index (χ1n) is 5.12. The summed E-state index contributed by atoms with van der Waals surface area (Å²) in [6.45, 7) is 1.45. The van der Waals surface area contributed by atoms with E-state index in [1.54, 1.807) is 0 Å². The van der Waals surface area contributed by atoms with E-state index in [9.17, 15) is 0 Å². The smallest absolute Gasteiger partial charge is 0.0955 e. The maximum absolute atomic E-state index is 5.36. The van der Waals surface area contributed by atoms with Gasteiger partial charge < -0.3 is 15.6 Å². The second-order valence-corrected chi connectivity index (χ2v) is 3.63. The van der Waals surface area contributed by atoms with Gasteiger partial charge >= 0.3 is 0 Å². The Hall–Kier alpha value is -1.39. The van der Waals surface area contributed by atoms with Crippen LogP contribution in [0.3, 0.4) is 0 Å². The fourth-order valence-electron chi connectivity index (χ4n) is 1.67. The molecule has 1 heterocycles. The van der Waals surface area contributed by atoms with Gasteiger partial charge in [-0.05, 0) is 24.1 Å². The summed E-state index contributed by atoms with van der Waals surface area (Å²) in [6, 6.07) is 6.38. The lowest BCUT2D eigenvalue weighted by Crippen LogP contribution is -2.24. The van der Waals surface area contributed by atoms with Crippen molar-refractivity contribution in [2.24, 2.45) is 12.8 Å². The number of nitrogens with two attached hydrogens (primary N) is 1. The molecule has 2 aromatic rings. The van der Waals surface area contributed by atoms with E-state index in [-0.39, 0.29) is 0 Å². The maximum Gasteiger partial charge on any atom is 0.0955 e. The second kappa shape index (κ2) is 4.42. The number of hydrogen-bond acceptors (Lipinski definition) is 3. The van der Waals surface area contributed by atoms with Gasteiger partial charge in [-0.1, -0.05) is 6.07 Å². The lowest BCUT2D eigenvalue weighted by atomic mass is 10.1. The van der Waals surface area contributed by atoms with Gasteiger partial charge in [-0.25, -0.2) is 4.98 Å². The summed E-state index contributed by atoms with van der Waals surface area (Å²) in [7, 11) is 2.00. The van der Waals surface area contributed by atoms with Crippen LogP contribution in [0.4, 0.5) is 0 Å². The lowest BCUT2D eigenvalue weighted by Gasteiger charge is -2.02. The van der Waals surface area contributed by atoms with E-state index < -0.39 is 0 Å². The van der Waals surface area contributed by atoms with Crippen LogP contribution >= 0.6 is 0 Å². The molecule has 0 atom stereocenters. The van der Waals surface area contributed by atoms with Gasteiger partial charge in [-0.3, -0.25) is 0 Å². The van der Waals surface area contributed by atoms with Gasteiger partial charge in [0.2, 0.25) is 0 Å². The minimum absolute atomic E-state index is 0.534. The maximum atomic E-state index is 5.36. The molecule has 0 spiro atoms. The number of imidazole rings is 1. The van der Waals surface area contributed by atoms with Crippen LogP contribution in [0.5, 0.6) is 0 Å². The third kappa shape index (κ3) is 2.16. The normalized spacial score (nSPS) is 11.1. The first kappa shape index (κ1) is 10.1. The molecule has 0 radical (unpaired) electrons. The second-order valence-electron chi connectivity index (χ2n) is 3.63. The molecule has 0 saturated heterocycles. The van der Waals surface area contributed by atoms with E-state index in [0.717, 1.165) is 18.5 Å². The third-order valence-electron chi connectivity index (χ3n) is 2.52. The highest BCUT2D eigenvalue weighted by Crippen LogP contribution is 2.13. The summed E-state index contributed by atoms with van der Waals surface area (Å²) in [5.74, 6) is 0. The predicted molar refractivity (Wildman–Crippen MR) is 61.5 cm³/mol. The number of hydrogen-bond donors (Lipinski definition) is 2. The number of aromatic nitrogens is 2. The molecule has 3 N–H and O–H groups in total. The Kier molecular flexibility index (Phi) is 2.99. The fraction of sp³-hybridized carbons (Fsp3) is 0.364. The van der Waals surface area contributed by atoms with Crippen molar-refractivity contribution in [1.29, 1.82) is 0 Å². The van der Waals surface area contributed by atoms with Crippen LogP contribution in [0, 0.1) is 0 Å². The Bertz CT molecular complexity index is 447. The standard InChI is InChI=1S/C11H16N4/c1-15-8-14-10-6-9(2-3-11(10)15)4-5-13-7-12/h2-3,6,8,13H,4-5,7,12H2,1H3. The quantitative estimate of drug-likeness (QED) is 0.567. The van der Waals surface area contributed by atoms with Crippen molar-refractivity contribution in [3.05, 3.63) is 30.1 Å². The van der Waals surface area contributed by atoms with Gasteiger partial charge in [-0.15, -0.1) is 0 Å². The molecule has 0 amide bonds. The number of aryl methyl sites for hydroxylation is 1. The van der Waals surface area contributed by atoms with Crippen molar-refractivity contribution in [3.8, 4) is 0 Å². The summed E-state index contributed by atoms with van der Waals surface area (Å²) in [6.07, 6.45) is 2.83. The molecule has 0 aliphatic rings. The van der Waals surface area contributed by atoms with Gasteiger partial charge in [0, 0.05) is 20.3 Å². The largest absolute Gasteiger partial charge is 0.334 e. The van der Waals surface area contributed by atoms with Crippen LogP contribution in [0.15, 0.2) is 24.5 Å². The van der Waals surface area contributed by atoms with Crippen molar-refractivity contribution in [2.75, 3.05) is 13.2 Å². The Balaban J connectivity index is 2.16. The van der Waals surface area contributed by atoms with Crippen molar-refractivity contribution < 1.29 is 0 Å². The molecule has 2 rings (SSSR count). The topological polar surface area (TPSA) is 55.9 Å². The molecule has 0 aliphatic heterocycles. The minimum Gasteiger partial charge on any atom is -0.334 e. The van der Waals surface area contributed by atoms with E-state index in [1.165, 1.54) is 11.1 Å². The average molecular weight is 204 g/mol. The number of fused-ring (bicyclic) bond motifs is 1. The first-order chi connectivity index (χ1) is 7.31. The minimum atomic E-state index is 0.534. The van der Waals surface area contributed by atoms with Gasteiger partial charge in [-0.2, -0.15) is 0 Å². The molecule has 80 valence electrons. The van der Waals surface area contributed by atoms with Crippen molar-refractivity contribution in [3.63, 3.8) is 0 Å². The Morgan fingerprint density at radius 3 is 3.13 bits per heavy atom. The molecule has 1 aromatic heterocycles. The summed E-state index contributed by atoms with van der Waals surface area (Å²) in [5, 5.41) is 3.10. The van der Waals surface area contributed by atoms with Crippen LogP contribution in [0.25, 0.3) is 11.0 Å². The van der Waals surface area contributed by atoms with Crippen LogP contribution in [0.2, 0.25) is 0 Å². The molecule has 15 heavy (non-hydrogen) atoms. The lowest BCUT2D eigenvalue weighted by molar-refractivity contribution is 0.701. The number of benzene rings is 1. The fourth-order valence-corrected chi connectivity index (χ4v) is 1.67. The highest BCUT2D eigenvalue weighted by Gasteiger charge is 2.00. The molecule has 0 saturated carbocycles. The number of nitrogens with zero attached hydrogens (tertiary/aromatic N) is 2.